The molecule has 0 radical (unpaired) electrons. The Bertz CT molecular complexity index is 1660. The summed E-state index contributed by atoms with van der Waals surface area (Å²) in [6, 6.07) is 8.97. The molecule has 0 aliphatic carbocycles. The van der Waals surface area contributed by atoms with Gasteiger partial charge in [0, 0.05) is 17.5 Å². The number of fused-ring (bicyclic) bond motifs is 1. The fraction of sp³-hybridized carbons (Fsp3) is 0.321. The van der Waals surface area contributed by atoms with Gasteiger partial charge in [0.05, 0.1) is 24.7 Å². The Morgan fingerprint density at radius 1 is 1.10 bits per heavy atom. The Hall–Kier alpha value is -3.81. The summed E-state index contributed by atoms with van der Waals surface area (Å²) in [6.07, 6.45) is 6.43. The molecular formula is C28H35N7O4S2. The van der Waals surface area contributed by atoms with Crippen LogP contribution in [0.3, 0.4) is 0 Å². The van der Waals surface area contributed by atoms with Crippen LogP contribution in [0.4, 0.5) is 22.9 Å². The monoisotopic (exact) mass is 597 g/mol. The summed E-state index contributed by atoms with van der Waals surface area (Å²) in [4.78, 5) is 31.0. The van der Waals surface area contributed by atoms with Crippen molar-refractivity contribution in [2.24, 2.45) is 0 Å². The van der Waals surface area contributed by atoms with Gasteiger partial charge in [-0.3, -0.25) is 9.00 Å². The Labute approximate surface area is 244 Å². The summed E-state index contributed by atoms with van der Waals surface area (Å²) in [6.45, 7) is 8.02. The van der Waals surface area contributed by atoms with Gasteiger partial charge in [0.1, 0.15) is 23.3 Å². The molecule has 0 saturated heterocycles. The molecule has 4 rings (SSSR count). The van der Waals surface area contributed by atoms with E-state index in [-0.39, 0.29) is 11.3 Å². The second-order valence-corrected chi connectivity index (χ2v) is 14.1. The molecular weight excluding hydrogens is 562 g/mol. The van der Waals surface area contributed by atoms with Crippen molar-refractivity contribution in [3.63, 3.8) is 0 Å². The molecule has 2 aromatic heterocycles. The predicted octanol–water partition coefficient (Wildman–Crippen LogP) is 4.68. The molecule has 2 heterocycles. The first-order valence-electron chi connectivity index (χ1n) is 12.7. The topological polar surface area (TPSA) is 151 Å². The van der Waals surface area contributed by atoms with Crippen molar-refractivity contribution in [3.05, 3.63) is 59.5 Å². The van der Waals surface area contributed by atoms with Gasteiger partial charge in [-0.1, -0.05) is 38.6 Å². The number of thioether (sulfide) groups is 1. The molecule has 2 aromatic carbocycles. The molecule has 0 unspecified atom stereocenters. The van der Waals surface area contributed by atoms with Crippen molar-refractivity contribution in [3.8, 4) is 5.75 Å². The third kappa shape index (κ3) is 6.92. The number of aliphatic hydroxyl groups is 1. The van der Waals surface area contributed by atoms with E-state index in [1.807, 2.05) is 52.1 Å². The summed E-state index contributed by atoms with van der Waals surface area (Å²) in [5, 5.41) is 16.4. The fourth-order valence-corrected chi connectivity index (χ4v) is 5.08. The number of amides is 1. The van der Waals surface area contributed by atoms with Gasteiger partial charge < -0.3 is 25.2 Å². The van der Waals surface area contributed by atoms with Crippen molar-refractivity contribution in [1.29, 1.82) is 0 Å². The van der Waals surface area contributed by atoms with Crippen LogP contribution < -0.4 is 20.1 Å². The summed E-state index contributed by atoms with van der Waals surface area (Å²) in [5.74, 6) is -0.0893. The van der Waals surface area contributed by atoms with Crippen LogP contribution in [-0.4, -0.2) is 60.7 Å². The van der Waals surface area contributed by atoms with E-state index in [2.05, 4.69) is 35.3 Å². The van der Waals surface area contributed by atoms with E-state index in [4.69, 9.17) is 4.74 Å². The molecule has 0 fully saturated rings. The van der Waals surface area contributed by atoms with E-state index in [0.29, 0.717) is 50.4 Å². The maximum atomic E-state index is 13.5. The number of hydrogen-bond acceptors (Lipinski definition) is 10. The molecule has 0 saturated carbocycles. The van der Waals surface area contributed by atoms with E-state index < -0.39 is 16.1 Å². The van der Waals surface area contributed by atoms with E-state index in [0.717, 1.165) is 11.1 Å². The smallest absolute Gasteiger partial charge is 0.255 e. The highest BCUT2D eigenvalue weighted by atomic mass is 32.3. The number of methoxy groups -OCH3 is 1. The van der Waals surface area contributed by atoms with Crippen molar-refractivity contribution in [2.45, 2.75) is 38.3 Å². The molecule has 1 amide bonds. The predicted molar refractivity (Wildman–Crippen MR) is 167 cm³/mol. The van der Waals surface area contributed by atoms with Gasteiger partial charge in [-0.05, 0) is 64.1 Å². The van der Waals surface area contributed by atoms with E-state index >= 15 is 0 Å². The molecule has 0 spiro atoms. The van der Waals surface area contributed by atoms with Crippen LogP contribution in [0, 0.1) is 6.92 Å². The first-order chi connectivity index (χ1) is 19.3. The lowest BCUT2D eigenvalue weighted by Gasteiger charge is -2.26. The van der Waals surface area contributed by atoms with Gasteiger partial charge in [-0.15, -0.1) is 0 Å². The molecule has 0 aliphatic rings. The highest BCUT2D eigenvalue weighted by molar-refractivity contribution is 8.03. The Balaban J connectivity index is 1.70. The SMILES string of the molecule is COc1c(NC(=O)c2ccc(C)c(Nc3ncnc4cnc(SC)nc34)c2)cc(C(C)(C)C)cc1N[SH](C)(=O)CO. The van der Waals surface area contributed by atoms with Gasteiger partial charge in [0.15, 0.2) is 16.7 Å². The van der Waals surface area contributed by atoms with Crippen molar-refractivity contribution in [1.82, 2.24) is 19.9 Å². The van der Waals surface area contributed by atoms with Crippen LogP contribution in [0.2, 0.25) is 0 Å². The van der Waals surface area contributed by atoms with Crippen LogP contribution in [0.5, 0.6) is 5.75 Å². The normalized spacial score (nSPS) is 12.2. The second-order valence-electron chi connectivity index (χ2n) is 10.6. The fourth-order valence-electron chi connectivity index (χ4n) is 4.00. The average molecular weight is 598 g/mol. The molecule has 41 heavy (non-hydrogen) atoms. The second kappa shape index (κ2) is 12.0. The van der Waals surface area contributed by atoms with Crippen LogP contribution in [-0.2, 0) is 15.5 Å². The number of benzene rings is 2. The molecule has 4 aromatic rings. The molecule has 11 nitrogen and oxygen atoms in total. The van der Waals surface area contributed by atoms with E-state index in [1.54, 1.807) is 18.3 Å². The van der Waals surface area contributed by atoms with Crippen LogP contribution in [0.15, 0.2) is 48.0 Å². The average Bonchev–Trinajstić information content (AvgIpc) is 2.93. The molecule has 218 valence electrons. The lowest BCUT2D eigenvalue weighted by atomic mass is 9.86. The summed E-state index contributed by atoms with van der Waals surface area (Å²) in [5.41, 5.74) is 4.55. The zero-order chi connectivity index (χ0) is 29.9. The number of carbonyl (C=O) groups excluding carboxylic acids is 1. The molecule has 0 aliphatic heterocycles. The van der Waals surface area contributed by atoms with Crippen LogP contribution in [0.25, 0.3) is 11.0 Å². The van der Waals surface area contributed by atoms with Gasteiger partial charge in [-0.2, -0.15) is 0 Å². The number of nitrogens with one attached hydrogen (secondary N) is 3. The number of ether oxygens (including phenoxy) is 1. The minimum Gasteiger partial charge on any atom is -0.492 e. The van der Waals surface area contributed by atoms with E-state index in [9.17, 15) is 14.1 Å². The lowest BCUT2D eigenvalue weighted by molar-refractivity contribution is 0.102. The summed E-state index contributed by atoms with van der Waals surface area (Å²) in [7, 11) is -1.63. The van der Waals surface area contributed by atoms with Gasteiger partial charge in [0.25, 0.3) is 5.91 Å². The molecule has 13 heteroatoms. The number of aromatic nitrogens is 4. The number of aryl methyl sites for hydroxylation is 1. The maximum Gasteiger partial charge on any atom is 0.255 e. The number of thiol groups is 1. The Morgan fingerprint density at radius 3 is 2.49 bits per heavy atom. The van der Waals surface area contributed by atoms with Crippen molar-refractivity contribution < 1.29 is 18.8 Å². The molecule has 0 atom stereocenters. The number of anilines is 4. The van der Waals surface area contributed by atoms with Crippen molar-refractivity contribution in [2.75, 3.05) is 40.9 Å². The highest BCUT2D eigenvalue weighted by Crippen LogP contribution is 2.40. The number of carbonyl (C=O) groups is 1. The van der Waals surface area contributed by atoms with Gasteiger partial charge in [-0.25, -0.2) is 19.9 Å². The zero-order valence-corrected chi connectivity index (χ0v) is 25.8. The van der Waals surface area contributed by atoms with Gasteiger partial charge >= 0.3 is 0 Å². The largest absolute Gasteiger partial charge is 0.492 e. The minimum atomic E-state index is -3.10. The third-order valence-electron chi connectivity index (χ3n) is 6.32. The number of aliphatic hydroxyl groups excluding tert-OH is 1. The first kappa shape index (κ1) is 30.2. The Morgan fingerprint density at radius 2 is 1.83 bits per heavy atom. The number of hydrogen-bond donors (Lipinski definition) is 5. The van der Waals surface area contributed by atoms with Crippen LogP contribution in [0.1, 0.15) is 42.3 Å². The minimum absolute atomic E-state index is 0.292. The lowest BCUT2D eigenvalue weighted by Crippen LogP contribution is -2.25. The zero-order valence-electron chi connectivity index (χ0n) is 24.1. The van der Waals surface area contributed by atoms with E-state index in [1.165, 1.54) is 31.5 Å². The highest BCUT2D eigenvalue weighted by Gasteiger charge is 2.23. The summed E-state index contributed by atoms with van der Waals surface area (Å²) >= 11 is 1.42. The number of rotatable bonds is 9. The Kier molecular flexibility index (Phi) is 8.80. The molecule has 4 N–H and O–H groups in total. The molecule has 0 bridgehead atoms. The van der Waals surface area contributed by atoms with Crippen molar-refractivity contribution >= 4 is 61.7 Å². The standard InChI is InChI=1S/C28H35N7O4S2/c1-16-8-9-17(10-19(16)32-25-23-22(30-14-31-25)13-29-27(34-23)40-6)26(37)33-20-11-18(28(2,3)4)12-21(24(20)39-5)35-41(7,38)15-36/h8-14,36,41H,15H2,1-7H3,(H,33,37)(H,35,38)(H,30,31,32). The van der Waals surface area contributed by atoms with Gasteiger partial charge in [0.2, 0.25) is 0 Å². The quantitative estimate of drug-likeness (QED) is 0.105. The van der Waals surface area contributed by atoms with Crippen LogP contribution >= 0.6 is 11.8 Å². The summed E-state index contributed by atoms with van der Waals surface area (Å²) < 4.78 is 21.3. The third-order valence-corrected chi connectivity index (χ3v) is 8.14. The first-order valence-corrected chi connectivity index (χ1v) is 16.3. The maximum absolute atomic E-state index is 13.5. The number of nitrogens with zero attached hydrogens (tertiary/aromatic N) is 4.